The number of hydrogen-bond acceptors (Lipinski definition) is 5. The molecule has 5 heteroatoms. The molecule has 0 fully saturated rings. The Morgan fingerprint density at radius 3 is 2.72 bits per heavy atom. The van der Waals surface area contributed by atoms with Crippen LogP contribution >= 0.6 is 11.3 Å². The summed E-state index contributed by atoms with van der Waals surface area (Å²) in [5.41, 5.74) is 5.72. The first-order chi connectivity index (χ1) is 8.85. The maximum atomic E-state index is 5.61. The summed E-state index contributed by atoms with van der Waals surface area (Å²) in [7, 11) is 0. The van der Waals surface area contributed by atoms with Gasteiger partial charge in [0.1, 0.15) is 5.75 Å². The number of ether oxygens (including phenoxy) is 1. The van der Waals surface area contributed by atoms with E-state index in [0.717, 1.165) is 29.2 Å². The highest BCUT2D eigenvalue weighted by Crippen LogP contribution is 2.25. The van der Waals surface area contributed by atoms with Crippen molar-refractivity contribution in [3.63, 3.8) is 0 Å². The maximum Gasteiger partial charge on any atom is 0.119 e. The lowest BCUT2D eigenvalue weighted by Crippen LogP contribution is -2.28. The van der Waals surface area contributed by atoms with E-state index in [1.165, 1.54) is 0 Å². The van der Waals surface area contributed by atoms with Crippen LogP contribution in [0.15, 0.2) is 36.0 Å². The zero-order valence-corrected chi connectivity index (χ0v) is 11.1. The quantitative estimate of drug-likeness (QED) is 0.621. The van der Waals surface area contributed by atoms with Gasteiger partial charge in [-0.2, -0.15) is 0 Å². The third kappa shape index (κ3) is 3.07. The average Bonchev–Trinajstić information content (AvgIpc) is 2.93. The minimum absolute atomic E-state index is 0.0160. The molecule has 4 nitrogen and oxygen atoms in total. The molecule has 1 unspecified atom stereocenters. The molecule has 0 aliphatic rings. The molecule has 3 N–H and O–H groups in total. The van der Waals surface area contributed by atoms with Crippen LogP contribution in [-0.2, 0) is 0 Å². The molecule has 0 aliphatic carbocycles. The highest BCUT2D eigenvalue weighted by Gasteiger charge is 2.13. The highest BCUT2D eigenvalue weighted by atomic mass is 32.1. The first-order valence-electron chi connectivity index (χ1n) is 5.92. The Bertz CT molecular complexity index is 456. The van der Waals surface area contributed by atoms with Gasteiger partial charge in [0.2, 0.25) is 0 Å². The minimum atomic E-state index is -0.0160. The summed E-state index contributed by atoms with van der Waals surface area (Å²) in [6, 6.07) is 7.97. The van der Waals surface area contributed by atoms with E-state index in [4.69, 9.17) is 10.6 Å². The largest absolute Gasteiger partial charge is 0.494 e. The molecule has 1 aromatic carbocycles. The van der Waals surface area contributed by atoms with Gasteiger partial charge < -0.3 is 4.74 Å². The second-order valence-electron chi connectivity index (χ2n) is 3.92. The molecule has 0 bridgehead atoms. The summed E-state index contributed by atoms with van der Waals surface area (Å²) in [5, 5.41) is 0. The van der Waals surface area contributed by atoms with Gasteiger partial charge in [-0.15, -0.1) is 11.3 Å². The lowest BCUT2D eigenvalue weighted by atomic mass is 10.1. The molecule has 0 saturated carbocycles. The third-order valence-electron chi connectivity index (χ3n) is 2.59. The molecule has 0 spiro atoms. The van der Waals surface area contributed by atoms with E-state index in [0.29, 0.717) is 0 Å². The van der Waals surface area contributed by atoms with Crippen LogP contribution < -0.4 is 16.0 Å². The Hall–Kier alpha value is -1.43. The molecular weight excluding hydrogens is 246 g/mol. The van der Waals surface area contributed by atoms with Gasteiger partial charge in [-0.05, 0) is 24.1 Å². The van der Waals surface area contributed by atoms with Crippen molar-refractivity contribution in [1.82, 2.24) is 10.4 Å². The summed E-state index contributed by atoms with van der Waals surface area (Å²) >= 11 is 1.58. The Balaban J connectivity index is 2.12. The Morgan fingerprint density at radius 2 is 2.17 bits per heavy atom. The van der Waals surface area contributed by atoms with Crippen molar-refractivity contribution in [1.29, 1.82) is 0 Å². The summed E-state index contributed by atoms with van der Waals surface area (Å²) in [6.07, 6.45) is 2.84. The first-order valence-corrected chi connectivity index (χ1v) is 6.80. The molecule has 18 heavy (non-hydrogen) atoms. The third-order valence-corrected chi connectivity index (χ3v) is 3.43. The van der Waals surface area contributed by atoms with E-state index in [1.54, 1.807) is 16.8 Å². The van der Waals surface area contributed by atoms with Gasteiger partial charge in [-0.1, -0.05) is 19.1 Å². The second kappa shape index (κ2) is 6.49. The Labute approximate surface area is 111 Å². The average molecular weight is 263 g/mol. The number of aromatic nitrogens is 1. The topological polar surface area (TPSA) is 60.2 Å². The zero-order chi connectivity index (χ0) is 12.8. The summed E-state index contributed by atoms with van der Waals surface area (Å²) in [6.45, 7) is 2.83. The molecule has 0 saturated heterocycles. The highest BCUT2D eigenvalue weighted by molar-refractivity contribution is 7.09. The Morgan fingerprint density at radius 1 is 1.39 bits per heavy atom. The van der Waals surface area contributed by atoms with Crippen molar-refractivity contribution in [2.45, 2.75) is 19.4 Å². The standard InChI is InChI=1S/C13H17N3OS/c1-2-7-17-11-5-3-10(4-6-11)13(16-14)12-8-15-9-18-12/h3-6,8-9,13,16H,2,7,14H2,1H3. The van der Waals surface area contributed by atoms with Crippen LogP contribution in [0, 0.1) is 0 Å². The van der Waals surface area contributed by atoms with E-state index in [9.17, 15) is 0 Å². The van der Waals surface area contributed by atoms with E-state index in [2.05, 4.69) is 17.3 Å². The lowest BCUT2D eigenvalue weighted by molar-refractivity contribution is 0.317. The molecule has 2 aromatic rings. The van der Waals surface area contributed by atoms with E-state index < -0.39 is 0 Å². The molecular formula is C13H17N3OS. The molecule has 2 rings (SSSR count). The van der Waals surface area contributed by atoms with Gasteiger partial charge in [-0.3, -0.25) is 10.8 Å². The van der Waals surface area contributed by atoms with Gasteiger partial charge in [0, 0.05) is 11.1 Å². The van der Waals surface area contributed by atoms with E-state index in [-0.39, 0.29) is 6.04 Å². The fraction of sp³-hybridized carbons (Fsp3) is 0.308. The molecule has 1 aromatic heterocycles. The number of nitrogens with two attached hydrogens (primary N) is 1. The maximum absolute atomic E-state index is 5.61. The SMILES string of the molecule is CCCOc1ccc(C(NN)c2cncs2)cc1. The number of rotatable bonds is 6. The number of nitrogens with one attached hydrogen (secondary N) is 1. The van der Waals surface area contributed by atoms with Crippen LogP contribution in [0.5, 0.6) is 5.75 Å². The van der Waals surface area contributed by atoms with Gasteiger partial charge in [0.05, 0.1) is 18.2 Å². The van der Waals surface area contributed by atoms with Crippen LogP contribution in [-0.4, -0.2) is 11.6 Å². The van der Waals surface area contributed by atoms with Crippen molar-refractivity contribution in [3.05, 3.63) is 46.4 Å². The fourth-order valence-electron chi connectivity index (χ4n) is 1.69. The number of hydrazine groups is 1. The van der Waals surface area contributed by atoms with E-state index in [1.807, 2.05) is 30.5 Å². The first kappa shape index (κ1) is 13.0. The molecule has 0 aliphatic heterocycles. The minimum Gasteiger partial charge on any atom is -0.494 e. The van der Waals surface area contributed by atoms with Crippen LogP contribution in [0.4, 0.5) is 0 Å². The van der Waals surface area contributed by atoms with Crippen molar-refractivity contribution in [2.75, 3.05) is 6.61 Å². The number of benzene rings is 1. The number of nitrogens with zero attached hydrogens (tertiary/aromatic N) is 1. The van der Waals surface area contributed by atoms with Crippen molar-refractivity contribution < 1.29 is 4.74 Å². The summed E-state index contributed by atoms with van der Waals surface area (Å²) in [4.78, 5) is 5.17. The number of thiazole rings is 1. The lowest BCUT2D eigenvalue weighted by Gasteiger charge is -2.14. The van der Waals surface area contributed by atoms with Crippen molar-refractivity contribution in [2.24, 2.45) is 5.84 Å². The van der Waals surface area contributed by atoms with E-state index >= 15 is 0 Å². The van der Waals surface area contributed by atoms with Crippen LogP contribution in [0.2, 0.25) is 0 Å². The van der Waals surface area contributed by atoms with Crippen LogP contribution in [0.1, 0.15) is 29.8 Å². The molecule has 0 amide bonds. The molecule has 1 heterocycles. The van der Waals surface area contributed by atoms with Gasteiger partial charge in [-0.25, -0.2) is 5.43 Å². The van der Waals surface area contributed by atoms with Crippen LogP contribution in [0.25, 0.3) is 0 Å². The monoisotopic (exact) mass is 263 g/mol. The van der Waals surface area contributed by atoms with Gasteiger partial charge in [0.15, 0.2) is 0 Å². The summed E-state index contributed by atoms with van der Waals surface area (Å²) < 4.78 is 5.55. The van der Waals surface area contributed by atoms with Crippen molar-refractivity contribution in [3.8, 4) is 5.75 Å². The van der Waals surface area contributed by atoms with Gasteiger partial charge in [0.25, 0.3) is 0 Å². The molecule has 1 atom stereocenters. The normalized spacial score (nSPS) is 12.3. The van der Waals surface area contributed by atoms with Crippen LogP contribution in [0.3, 0.4) is 0 Å². The zero-order valence-electron chi connectivity index (χ0n) is 10.3. The summed E-state index contributed by atoms with van der Waals surface area (Å²) in [5.74, 6) is 6.50. The Kier molecular flexibility index (Phi) is 4.69. The second-order valence-corrected chi connectivity index (χ2v) is 4.84. The van der Waals surface area contributed by atoms with Gasteiger partial charge >= 0.3 is 0 Å². The van der Waals surface area contributed by atoms with Crippen molar-refractivity contribution >= 4 is 11.3 Å². The predicted octanol–water partition coefficient (Wildman–Crippen LogP) is 2.48. The predicted molar refractivity (Wildman–Crippen MR) is 73.5 cm³/mol. The smallest absolute Gasteiger partial charge is 0.119 e. The number of hydrogen-bond donors (Lipinski definition) is 2. The fourth-order valence-corrected chi connectivity index (χ4v) is 2.39. The molecule has 96 valence electrons. The molecule has 0 radical (unpaired) electrons.